The molecule has 128 valence electrons. The van der Waals surface area contributed by atoms with Crippen LogP contribution in [0, 0.1) is 6.92 Å². The van der Waals surface area contributed by atoms with Gasteiger partial charge >= 0.3 is 0 Å². The van der Waals surface area contributed by atoms with E-state index in [1.807, 2.05) is 30.0 Å². The zero-order chi connectivity index (χ0) is 16.8. The second-order valence-electron chi connectivity index (χ2n) is 6.40. The van der Waals surface area contributed by atoms with Gasteiger partial charge in [0.25, 0.3) is 0 Å². The van der Waals surface area contributed by atoms with Crippen molar-refractivity contribution >= 4 is 23.1 Å². The summed E-state index contributed by atoms with van der Waals surface area (Å²) in [6.07, 6.45) is 4.61. The number of nitrogens with zero attached hydrogens (tertiary/aromatic N) is 2. The molecule has 1 N–H and O–H groups in total. The Kier molecular flexibility index (Phi) is 5.86. The molecule has 1 aliphatic heterocycles. The topological polar surface area (TPSA) is 45.2 Å². The summed E-state index contributed by atoms with van der Waals surface area (Å²) < 4.78 is 0. The fraction of sp³-hybridized carbons (Fsp3) is 0.474. The van der Waals surface area contributed by atoms with Crippen molar-refractivity contribution in [2.75, 3.05) is 18.4 Å². The molecule has 0 unspecified atom stereocenters. The molecule has 2 aromatic heterocycles. The molecule has 1 saturated heterocycles. The molecule has 0 saturated carbocycles. The minimum absolute atomic E-state index is 0.304. The van der Waals surface area contributed by atoms with Crippen LogP contribution < -0.4 is 5.32 Å². The largest absolute Gasteiger partial charge is 0.367 e. The fourth-order valence-corrected chi connectivity index (χ4v) is 3.88. The second-order valence-corrected chi connectivity index (χ2v) is 7.43. The number of carbonyl (C=O) groups is 1. The molecule has 0 aliphatic carbocycles. The van der Waals surface area contributed by atoms with E-state index in [1.165, 1.54) is 4.88 Å². The van der Waals surface area contributed by atoms with E-state index in [0.717, 1.165) is 50.3 Å². The number of aromatic nitrogens is 1. The summed E-state index contributed by atoms with van der Waals surface area (Å²) in [5.41, 5.74) is 1.03. The van der Waals surface area contributed by atoms with E-state index in [4.69, 9.17) is 0 Å². The highest BCUT2D eigenvalue weighted by atomic mass is 32.1. The molecule has 4 nitrogen and oxygen atoms in total. The third kappa shape index (κ3) is 4.81. The molecular formula is C19H25N3OS. The lowest BCUT2D eigenvalue weighted by Gasteiger charge is -2.32. The molecule has 3 heterocycles. The van der Waals surface area contributed by atoms with Crippen LogP contribution in [0.1, 0.15) is 36.3 Å². The van der Waals surface area contributed by atoms with Gasteiger partial charge in [0.05, 0.1) is 0 Å². The van der Waals surface area contributed by atoms with Crippen LogP contribution >= 0.6 is 11.3 Å². The summed E-state index contributed by atoms with van der Waals surface area (Å²) in [7, 11) is 0. The Morgan fingerprint density at radius 3 is 2.83 bits per heavy atom. The Hall–Kier alpha value is -1.88. The number of hydrogen-bond acceptors (Lipinski definition) is 4. The van der Waals surface area contributed by atoms with E-state index in [9.17, 15) is 4.79 Å². The quantitative estimate of drug-likeness (QED) is 0.866. The van der Waals surface area contributed by atoms with Crippen molar-refractivity contribution in [1.29, 1.82) is 0 Å². The predicted octanol–water partition coefficient (Wildman–Crippen LogP) is 3.88. The van der Waals surface area contributed by atoms with Crippen LogP contribution in [0.2, 0.25) is 0 Å². The number of hydrogen-bond donors (Lipinski definition) is 1. The van der Waals surface area contributed by atoms with E-state index >= 15 is 0 Å². The van der Waals surface area contributed by atoms with Gasteiger partial charge in [0.2, 0.25) is 5.91 Å². The Bertz CT molecular complexity index is 648. The van der Waals surface area contributed by atoms with Gasteiger partial charge in [-0.1, -0.05) is 12.1 Å². The lowest BCUT2D eigenvalue weighted by Crippen LogP contribution is -2.42. The Balaban J connectivity index is 1.38. The first kappa shape index (κ1) is 17.0. The molecule has 0 spiro atoms. The van der Waals surface area contributed by atoms with Crippen molar-refractivity contribution in [3.8, 4) is 0 Å². The third-order valence-corrected chi connectivity index (χ3v) is 5.42. The SMILES string of the molecule is Cc1cccc(NC2CCN(C(=O)CCCc3cccs3)CC2)n1. The maximum Gasteiger partial charge on any atom is 0.222 e. The number of rotatable bonds is 6. The highest BCUT2D eigenvalue weighted by molar-refractivity contribution is 7.09. The maximum absolute atomic E-state index is 12.3. The number of piperidine rings is 1. The van der Waals surface area contributed by atoms with Crippen molar-refractivity contribution in [2.24, 2.45) is 0 Å². The number of aryl methyl sites for hydroxylation is 2. The molecule has 1 amide bonds. The molecule has 0 bridgehead atoms. The van der Waals surface area contributed by atoms with E-state index in [1.54, 1.807) is 11.3 Å². The number of thiophene rings is 1. The molecule has 0 radical (unpaired) electrons. The standard InChI is InChI=1S/C19H25N3OS/c1-15-5-2-8-18(20-15)21-16-10-12-22(13-11-16)19(23)9-3-6-17-7-4-14-24-17/h2,4-5,7-8,14,16H,3,6,9-13H2,1H3,(H,20,21). The van der Waals surface area contributed by atoms with Gasteiger partial charge in [0.15, 0.2) is 0 Å². The number of carbonyl (C=O) groups excluding carboxylic acids is 1. The van der Waals surface area contributed by atoms with Crippen molar-refractivity contribution in [2.45, 2.75) is 45.1 Å². The van der Waals surface area contributed by atoms with Crippen LogP contribution in [-0.4, -0.2) is 34.9 Å². The van der Waals surface area contributed by atoms with Gasteiger partial charge in [-0.2, -0.15) is 0 Å². The maximum atomic E-state index is 12.3. The number of anilines is 1. The summed E-state index contributed by atoms with van der Waals surface area (Å²) in [5, 5.41) is 5.59. The number of likely N-dealkylation sites (tertiary alicyclic amines) is 1. The van der Waals surface area contributed by atoms with Crippen molar-refractivity contribution in [3.05, 3.63) is 46.3 Å². The van der Waals surface area contributed by atoms with E-state index < -0.39 is 0 Å². The Morgan fingerprint density at radius 2 is 2.12 bits per heavy atom. The average molecular weight is 343 g/mol. The van der Waals surface area contributed by atoms with Crippen LogP contribution in [0.5, 0.6) is 0 Å². The molecule has 0 aromatic carbocycles. The van der Waals surface area contributed by atoms with Crippen LogP contribution in [0.4, 0.5) is 5.82 Å². The number of pyridine rings is 1. The summed E-state index contributed by atoms with van der Waals surface area (Å²) >= 11 is 1.77. The molecule has 5 heteroatoms. The minimum atomic E-state index is 0.304. The van der Waals surface area contributed by atoms with Crippen molar-refractivity contribution in [1.82, 2.24) is 9.88 Å². The van der Waals surface area contributed by atoms with Gasteiger partial charge in [-0.05, 0) is 56.2 Å². The molecule has 2 aromatic rings. The fourth-order valence-electron chi connectivity index (χ4n) is 3.13. The van der Waals surface area contributed by atoms with Gasteiger partial charge < -0.3 is 10.2 Å². The molecule has 3 rings (SSSR count). The van der Waals surface area contributed by atoms with E-state index in [2.05, 4.69) is 27.8 Å². The first-order chi connectivity index (χ1) is 11.7. The smallest absolute Gasteiger partial charge is 0.222 e. The lowest BCUT2D eigenvalue weighted by atomic mass is 10.0. The highest BCUT2D eigenvalue weighted by Gasteiger charge is 2.22. The van der Waals surface area contributed by atoms with Crippen molar-refractivity contribution < 1.29 is 4.79 Å². The van der Waals surface area contributed by atoms with Gasteiger partial charge in [-0.25, -0.2) is 4.98 Å². The molecule has 1 fully saturated rings. The summed E-state index contributed by atoms with van der Waals surface area (Å²) in [5.74, 6) is 1.24. The zero-order valence-electron chi connectivity index (χ0n) is 14.2. The van der Waals surface area contributed by atoms with Crippen molar-refractivity contribution in [3.63, 3.8) is 0 Å². The highest BCUT2D eigenvalue weighted by Crippen LogP contribution is 2.17. The van der Waals surface area contributed by atoms with E-state index in [-0.39, 0.29) is 0 Å². The summed E-state index contributed by atoms with van der Waals surface area (Å²) in [4.78, 5) is 20.2. The predicted molar refractivity (Wildman–Crippen MR) is 99.5 cm³/mol. The molecule has 1 aliphatic rings. The van der Waals surface area contributed by atoms with Crippen LogP contribution in [0.3, 0.4) is 0 Å². The summed E-state index contributed by atoms with van der Waals surface area (Å²) in [6.45, 7) is 3.70. The summed E-state index contributed by atoms with van der Waals surface area (Å²) in [6, 6.07) is 10.7. The van der Waals surface area contributed by atoms with Crippen LogP contribution in [0.15, 0.2) is 35.7 Å². The molecule has 24 heavy (non-hydrogen) atoms. The first-order valence-corrected chi connectivity index (χ1v) is 9.59. The van der Waals surface area contributed by atoms with Gasteiger partial charge in [0.1, 0.15) is 5.82 Å². The third-order valence-electron chi connectivity index (χ3n) is 4.48. The number of nitrogens with one attached hydrogen (secondary N) is 1. The second kappa shape index (κ2) is 8.29. The molecule has 0 atom stereocenters. The monoisotopic (exact) mass is 343 g/mol. The Labute approximate surface area is 147 Å². The van der Waals surface area contributed by atoms with Crippen LogP contribution in [0.25, 0.3) is 0 Å². The molecular weight excluding hydrogens is 318 g/mol. The van der Waals surface area contributed by atoms with Crippen LogP contribution in [-0.2, 0) is 11.2 Å². The average Bonchev–Trinajstić information content (AvgIpc) is 3.09. The van der Waals surface area contributed by atoms with Gasteiger partial charge in [-0.3, -0.25) is 4.79 Å². The zero-order valence-corrected chi connectivity index (χ0v) is 15.0. The Morgan fingerprint density at radius 1 is 1.29 bits per heavy atom. The minimum Gasteiger partial charge on any atom is -0.367 e. The number of amides is 1. The normalized spacial score (nSPS) is 15.5. The van der Waals surface area contributed by atoms with E-state index in [0.29, 0.717) is 18.4 Å². The van der Waals surface area contributed by atoms with Gasteiger partial charge in [-0.15, -0.1) is 11.3 Å². The van der Waals surface area contributed by atoms with Gasteiger partial charge in [0, 0.05) is 36.1 Å². The first-order valence-electron chi connectivity index (χ1n) is 8.71. The lowest BCUT2D eigenvalue weighted by molar-refractivity contribution is -0.132.